The van der Waals surface area contributed by atoms with Crippen LogP contribution in [-0.4, -0.2) is 46.2 Å². The van der Waals surface area contributed by atoms with Gasteiger partial charge in [-0.3, -0.25) is 9.59 Å². The highest BCUT2D eigenvalue weighted by atomic mass is 35.5. The number of Topliss-reactive ketones (excluding diaryl/α,β-unsaturated/α-hetero) is 1. The average Bonchev–Trinajstić information content (AvgIpc) is 2.74. The van der Waals surface area contributed by atoms with E-state index < -0.39 is 17.7 Å². The predicted molar refractivity (Wildman–Crippen MR) is 112 cm³/mol. The molecule has 0 aliphatic rings. The van der Waals surface area contributed by atoms with E-state index in [0.29, 0.717) is 22.2 Å². The van der Waals surface area contributed by atoms with Crippen molar-refractivity contribution in [2.75, 3.05) is 33.8 Å². The van der Waals surface area contributed by atoms with Gasteiger partial charge in [-0.2, -0.15) is 10.2 Å². The molecule has 9 nitrogen and oxygen atoms in total. The quantitative estimate of drug-likeness (QED) is 0.470. The van der Waals surface area contributed by atoms with Crippen LogP contribution in [0.15, 0.2) is 40.6 Å². The molecular weight excluding hydrogens is 414 g/mol. The lowest BCUT2D eigenvalue weighted by Gasteiger charge is -2.16. The molecule has 10 heteroatoms. The third kappa shape index (κ3) is 5.38. The largest absolute Gasteiger partial charge is 0.497 e. The van der Waals surface area contributed by atoms with Crippen molar-refractivity contribution in [3.63, 3.8) is 0 Å². The molecule has 30 heavy (non-hydrogen) atoms. The standard InChI is InChI=1S/C20H22ClN3O6/c1-11(25)17(24-23-12-8-13(27-2)10-14(9-12)28-3)20(26)22-16-7-6-15(21)18(29-4)19(16)30-5/h6-10,17H,1-5H3,(H,22,26). The first-order chi connectivity index (χ1) is 14.3. The summed E-state index contributed by atoms with van der Waals surface area (Å²) in [7, 11) is 5.82. The van der Waals surface area contributed by atoms with Gasteiger partial charge in [0, 0.05) is 18.2 Å². The Balaban J connectivity index is 2.31. The molecule has 1 unspecified atom stereocenters. The van der Waals surface area contributed by atoms with Gasteiger partial charge in [0.05, 0.1) is 44.8 Å². The van der Waals surface area contributed by atoms with Crippen LogP contribution in [0.5, 0.6) is 23.0 Å². The van der Waals surface area contributed by atoms with E-state index in [0.717, 1.165) is 0 Å². The number of ether oxygens (including phenoxy) is 4. The molecule has 160 valence electrons. The zero-order chi connectivity index (χ0) is 22.3. The van der Waals surface area contributed by atoms with E-state index in [4.69, 9.17) is 30.5 Å². The monoisotopic (exact) mass is 435 g/mol. The first-order valence-electron chi connectivity index (χ1n) is 8.70. The normalized spacial score (nSPS) is 11.7. The molecule has 0 aromatic heterocycles. The summed E-state index contributed by atoms with van der Waals surface area (Å²) >= 11 is 6.07. The van der Waals surface area contributed by atoms with Crippen molar-refractivity contribution in [3.05, 3.63) is 35.4 Å². The molecule has 1 atom stereocenters. The van der Waals surface area contributed by atoms with Gasteiger partial charge in [-0.1, -0.05) is 11.6 Å². The highest BCUT2D eigenvalue weighted by Gasteiger charge is 2.25. The molecule has 0 saturated heterocycles. The van der Waals surface area contributed by atoms with Crippen LogP contribution < -0.4 is 24.3 Å². The summed E-state index contributed by atoms with van der Waals surface area (Å²) in [5.41, 5.74) is 0.629. The summed E-state index contributed by atoms with van der Waals surface area (Å²) in [5, 5.41) is 10.8. The molecule has 2 aromatic rings. The van der Waals surface area contributed by atoms with Gasteiger partial charge in [0.2, 0.25) is 6.04 Å². The second-order valence-electron chi connectivity index (χ2n) is 5.95. The topological polar surface area (TPSA) is 108 Å². The lowest BCUT2D eigenvalue weighted by atomic mass is 10.2. The van der Waals surface area contributed by atoms with E-state index in [9.17, 15) is 9.59 Å². The Morgan fingerprint density at radius 1 is 0.933 bits per heavy atom. The fraction of sp³-hybridized carbons (Fsp3) is 0.300. The summed E-state index contributed by atoms with van der Waals surface area (Å²) in [6.45, 7) is 1.25. The smallest absolute Gasteiger partial charge is 0.258 e. The Morgan fingerprint density at radius 3 is 2.03 bits per heavy atom. The minimum Gasteiger partial charge on any atom is -0.497 e. The zero-order valence-corrected chi connectivity index (χ0v) is 17.9. The number of nitrogens with zero attached hydrogens (tertiary/aromatic N) is 2. The van der Waals surface area contributed by atoms with Crippen molar-refractivity contribution in [2.45, 2.75) is 13.0 Å². The summed E-state index contributed by atoms with van der Waals surface area (Å²) in [6.07, 6.45) is 0. The molecule has 0 aliphatic carbocycles. The number of rotatable bonds is 9. The van der Waals surface area contributed by atoms with Crippen molar-refractivity contribution in [2.24, 2.45) is 10.2 Å². The van der Waals surface area contributed by atoms with Crippen LogP contribution in [0.4, 0.5) is 11.4 Å². The first-order valence-corrected chi connectivity index (χ1v) is 9.08. The molecule has 0 fully saturated rings. The maximum Gasteiger partial charge on any atom is 0.258 e. The number of ketones is 1. The van der Waals surface area contributed by atoms with Crippen LogP contribution in [0.2, 0.25) is 5.02 Å². The number of nitrogens with one attached hydrogen (secondary N) is 1. The molecule has 0 spiro atoms. The summed E-state index contributed by atoms with van der Waals surface area (Å²) < 4.78 is 20.8. The molecule has 2 aromatic carbocycles. The molecule has 2 rings (SSSR count). The van der Waals surface area contributed by atoms with Gasteiger partial charge in [0.25, 0.3) is 5.91 Å². The van der Waals surface area contributed by atoms with E-state index in [-0.39, 0.29) is 17.2 Å². The number of carbonyl (C=O) groups is 2. The van der Waals surface area contributed by atoms with Crippen molar-refractivity contribution in [3.8, 4) is 23.0 Å². The Bertz CT molecular complexity index is 942. The van der Waals surface area contributed by atoms with Gasteiger partial charge in [-0.25, -0.2) is 0 Å². The molecule has 0 saturated carbocycles. The number of anilines is 1. The number of azo groups is 1. The van der Waals surface area contributed by atoms with Crippen molar-refractivity contribution >= 4 is 34.7 Å². The molecule has 0 bridgehead atoms. The fourth-order valence-corrected chi connectivity index (χ4v) is 2.75. The number of amides is 1. The second kappa shape index (κ2) is 10.4. The second-order valence-corrected chi connectivity index (χ2v) is 6.36. The maximum absolute atomic E-state index is 12.7. The highest BCUT2D eigenvalue weighted by Crippen LogP contribution is 2.40. The Kier molecular flexibility index (Phi) is 7.99. The Hall–Kier alpha value is -3.33. The summed E-state index contributed by atoms with van der Waals surface area (Å²) in [4.78, 5) is 24.7. The van der Waals surface area contributed by atoms with Crippen LogP contribution in [-0.2, 0) is 9.59 Å². The van der Waals surface area contributed by atoms with Gasteiger partial charge in [0.15, 0.2) is 17.3 Å². The van der Waals surface area contributed by atoms with Gasteiger partial charge < -0.3 is 24.3 Å². The van der Waals surface area contributed by atoms with Gasteiger partial charge in [0.1, 0.15) is 11.5 Å². The van der Waals surface area contributed by atoms with Crippen molar-refractivity contribution < 1.29 is 28.5 Å². The molecule has 0 heterocycles. The van der Waals surface area contributed by atoms with Crippen molar-refractivity contribution in [1.82, 2.24) is 0 Å². The lowest BCUT2D eigenvalue weighted by Crippen LogP contribution is -2.32. The highest BCUT2D eigenvalue weighted by molar-refractivity contribution is 6.32. The molecule has 1 N–H and O–H groups in total. The first kappa shape index (κ1) is 23.0. The molecule has 0 aliphatic heterocycles. The number of hydrogen-bond donors (Lipinski definition) is 1. The third-order valence-electron chi connectivity index (χ3n) is 3.99. The number of methoxy groups -OCH3 is 4. The fourth-order valence-electron chi connectivity index (χ4n) is 2.52. The molecule has 1 amide bonds. The maximum atomic E-state index is 12.7. The Labute approximate surface area is 178 Å². The van der Waals surface area contributed by atoms with Crippen LogP contribution in [0, 0.1) is 0 Å². The van der Waals surface area contributed by atoms with E-state index in [1.165, 1.54) is 47.5 Å². The van der Waals surface area contributed by atoms with E-state index in [2.05, 4.69) is 15.5 Å². The van der Waals surface area contributed by atoms with E-state index in [1.54, 1.807) is 18.2 Å². The van der Waals surface area contributed by atoms with Crippen LogP contribution >= 0.6 is 11.6 Å². The van der Waals surface area contributed by atoms with E-state index in [1.807, 2.05) is 0 Å². The molecular formula is C20H22ClN3O6. The Morgan fingerprint density at radius 2 is 1.53 bits per heavy atom. The SMILES string of the molecule is COc1cc(N=NC(C(C)=O)C(=O)Nc2ccc(Cl)c(OC)c2OC)cc(OC)c1. The van der Waals surface area contributed by atoms with Crippen LogP contribution in [0.25, 0.3) is 0 Å². The summed E-state index contributed by atoms with van der Waals surface area (Å²) in [6, 6.07) is 6.53. The average molecular weight is 436 g/mol. The van der Waals surface area contributed by atoms with Crippen LogP contribution in [0.1, 0.15) is 6.92 Å². The number of hydrogen-bond acceptors (Lipinski definition) is 8. The minimum absolute atomic E-state index is 0.218. The molecule has 0 radical (unpaired) electrons. The number of halogens is 1. The zero-order valence-electron chi connectivity index (χ0n) is 17.2. The van der Waals surface area contributed by atoms with Gasteiger partial charge in [-0.15, -0.1) is 0 Å². The predicted octanol–water partition coefficient (Wildman–Crippen LogP) is 4.05. The number of benzene rings is 2. The van der Waals surface area contributed by atoms with Crippen molar-refractivity contribution in [1.29, 1.82) is 0 Å². The van der Waals surface area contributed by atoms with Gasteiger partial charge in [-0.05, 0) is 19.1 Å². The van der Waals surface area contributed by atoms with E-state index >= 15 is 0 Å². The summed E-state index contributed by atoms with van der Waals surface area (Å²) in [5.74, 6) is 0.265. The minimum atomic E-state index is -1.38. The third-order valence-corrected chi connectivity index (χ3v) is 4.29. The van der Waals surface area contributed by atoms with Gasteiger partial charge >= 0.3 is 0 Å². The lowest BCUT2D eigenvalue weighted by molar-refractivity contribution is -0.126. The number of carbonyl (C=O) groups excluding carboxylic acids is 2. The van der Waals surface area contributed by atoms with Crippen LogP contribution in [0.3, 0.4) is 0 Å².